The van der Waals surface area contributed by atoms with Crippen LogP contribution in [0.1, 0.15) is 15.9 Å². The minimum atomic E-state index is -4.39. The molecule has 1 atom stereocenters. The van der Waals surface area contributed by atoms with Crippen molar-refractivity contribution in [2.45, 2.75) is 11.0 Å². The number of alkyl halides is 4. The van der Waals surface area contributed by atoms with E-state index in [2.05, 4.69) is 21.2 Å². The van der Waals surface area contributed by atoms with Crippen LogP contribution in [0.4, 0.5) is 13.2 Å². The first-order valence-corrected chi connectivity index (χ1v) is 6.34. The van der Waals surface area contributed by atoms with Gasteiger partial charge in [0.1, 0.15) is 0 Å². The zero-order valence-electron chi connectivity index (χ0n) is 10.1. The maximum Gasteiger partial charge on any atom is 0.416 e. The van der Waals surface area contributed by atoms with Crippen LogP contribution in [0.15, 0.2) is 24.3 Å². The molecule has 0 radical (unpaired) electrons. The first-order valence-electron chi connectivity index (χ1n) is 5.43. The number of methoxy groups -OCH3 is 1. The molecule has 0 aliphatic rings. The van der Waals surface area contributed by atoms with E-state index in [0.29, 0.717) is 13.2 Å². The van der Waals surface area contributed by atoms with Gasteiger partial charge in [0.25, 0.3) is 5.91 Å². The number of carbonyl (C=O) groups excluding carboxylic acids is 1. The van der Waals surface area contributed by atoms with Gasteiger partial charge < -0.3 is 10.1 Å². The molecule has 0 saturated heterocycles. The lowest BCUT2D eigenvalue weighted by molar-refractivity contribution is -0.137. The minimum absolute atomic E-state index is 0.0455. The smallest absolute Gasteiger partial charge is 0.383 e. The van der Waals surface area contributed by atoms with Gasteiger partial charge in [0.15, 0.2) is 0 Å². The standard InChI is InChI=1S/C12H13BrF3NO2/c1-19-7-10(13)6-17-11(18)8-2-4-9(5-3-8)12(14,15)16/h2-5,10H,6-7H2,1H3,(H,17,18). The Hall–Kier alpha value is -1.08. The van der Waals surface area contributed by atoms with Gasteiger partial charge in [-0.2, -0.15) is 13.2 Å². The van der Waals surface area contributed by atoms with Crippen LogP contribution in [0.2, 0.25) is 0 Å². The summed E-state index contributed by atoms with van der Waals surface area (Å²) in [4.78, 5) is 11.6. The number of benzene rings is 1. The van der Waals surface area contributed by atoms with Gasteiger partial charge >= 0.3 is 6.18 Å². The third kappa shape index (κ3) is 5.20. The molecule has 1 unspecified atom stereocenters. The SMILES string of the molecule is COCC(Br)CNC(=O)c1ccc(C(F)(F)F)cc1. The average molecular weight is 340 g/mol. The van der Waals surface area contributed by atoms with E-state index in [0.717, 1.165) is 24.3 Å². The maximum absolute atomic E-state index is 12.3. The largest absolute Gasteiger partial charge is 0.416 e. The molecule has 3 nitrogen and oxygen atoms in total. The highest BCUT2D eigenvalue weighted by Gasteiger charge is 2.30. The molecule has 0 aromatic heterocycles. The third-order valence-electron chi connectivity index (χ3n) is 2.31. The van der Waals surface area contributed by atoms with Crippen LogP contribution in [0.25, 0.3) is 0 Å². The van der Waals surface area contributed by atoms with Crippen molar-refractivity contribution < 1.29 is 22.7 Å². The van der Waals surface area contributed by atoms with E-state index in [1.807, 2.05) is 0 Å². The molecule has 0 fully saturated rings. The number of halogens is 4. The van der Waals surface area contributed by atoms with E-state index >= 15 is 0 Å². The summed E-state index contributed by atoms with van der Waals surface area (Å²) >= 11 is 3.29. The van der Waals surface area contributed by atoms with E-state index in [1.165, 1.54) is 7.11 Å². The van der Waals surface area contributed by atoms with Crippen molar-refractivity contribution in [2.24, 2.45) is 0 Å². The van der Waals surface area contributed by atoms with Gasteiger partial charge in [-0.05, 0) is 24.3 Å². The lowest BCUT2D eigenvalue weighted by Crippen LogP contribution is -2.31. The van der Waals surface area contributed by atoms with E-state index in [-0.39, 0.29) is 10.4 Å². The molecule has 1 amide bonds. The molecule has 0 aliphatic carbocycles. The predicted octanol–water partition coefficient (Wildman–Crippen LogP) is 2.85. The second kappa shape index (κ2) is 6.91. The Bertz CT molecular complexity index is 420. The molecule has 0 bridgehead atoms. The molecule has 0 heterocycles. The van der Waals surface area contributed by atoms with E-state index in [9.17, 15) is 18.0 Å². The summed E-state index contributed by atoms with van der Waals surface area (Å²) in [7, 11) is 1.53. The summed E-state index contributed by atoms with van der Waals surface area (Å²) in [5.41, 5.74) is -0.591. The number of carbonyl (C=O) groups is 1. The number of nitrogens with one attached hydrogen (secondary N) is 1. The highest BCUT2D eigenvalue weighted by molar-refractivity contribution is 9.09. The van der Waals surface area contributed by atoms with Gasteiger partial charge in [-0.15, -0.1) is 0 Å². The van der Waals surface area contributed by atoms with Crippen LogP contribution in [0.3, 0.4) is 0 Å². The van der Waals surface area contributed by atoms with Crippen molar-refractivity contribution >= 4 is 21.8 Å². The molecule has 1 aromatic carbocycles. The second-order valence-electron chi connectivity index (χ2n) is 3.84. The summed E-state index contributed by atoms with van der Waals surface area (Å²) in [6.45, 7) is 0.751. The quantitative estimate of drug-likeness (QED) is 0.837. The molecule has 0 aliphatic heterocycles. The van der Waals surface area contributed by atoms with Crippen molar-refractivity contribution in [3.05, 3.63) is 35.4 Å². The summed E-state index contributed by atoms with van der Waals surface area (Å²) < 4.78 is 41.9. The van der Waals surface area contributed by atoms with Crippen molar-refractivity contribution in [1.82, 2.24) is 5.32 Å². The first kappa shape index (κ1) is 16.0. The summed E-state index contributed by atoms with van der Waals surface area (Å²) in [6, 6.07) is 4.07. The third-order valence-corrected chi connectivity index (χ3v) is 2.89. The van der Waals surface area contributed by atoms with Crippen molar-refractivity contribution in [2.75, 3.05) is 20.3 Å². The van der Waals surface area contributed by atoms with Gasteiger partial charge in [0, 0.05) is 19.2 Å². The topological polar surface area (TPSA) is 38.3 Å². The highest BCUT2D eigenvalue weighted by atomic mass is 79.9. The Morgan fingerprint density at radius 2 is 1.95 bits per heavy atom. The van der Waals surface area contributed by atoms with Crippen molar-refractivity contribution in [3.8, 4) is 0 Å². The van der Waals surface area contributed by atoms with Crippen LogP contribution in [-0.4, -0.2) is 31.0 Å². The van der Waals surface area contributed by atoms with Gasteiger partial charge in [-0.3, -0.25) is 4.79 Å². The molecule has 0 saturated carbocycles. The van der Waals surface area contributed by atoms with Crippen molar-refractivity contribution in [1.29, 1.82) is 0 Å². The normalized spacial score (nSPS) is 13.1. The van der Waals surface area contributed by atoms with Crippen LogP contribution < -0.4 is 5.32 Å². The first-order chi connectivity index (χ1) is 8.84. The Labute approximate surface area is 117 Å². The van der Waals surface area contributed by atoms with Crippen molar-refractivity contribution in [3.63, 3.8) is 0 Å². The van der Waals surface area contributed by atoms with Crippen LogP contribution in [-0.2, 0) is 10.9 Å². The number of ether oxygens (including phenoxy) is 1. The molecular weight excluding hydrogens is 327 g/mol. The summed E-state index contributed by atoms with van der Waals surface area (Å²) in [5.74, 6) is -0.422. The Morgan fingerprint density at radius 3 is 2.42 bits per heavy atom. The molecule has 7 heteroatoms. The molecule has 1 aromatic rings. The van der Waals surface area contributed by atoms with E-state index < -0.39 is 17.6 Å². The molecule has 19 heavy (non-hydrogen) atoms. The molecular formula is C12H13BrF3NO2. The predicted molar refractivity (Wildman–Crippen MR) is 68.4 cm³/mol. The fourth-order valence-corrected chi connectivity index (χ4v) is 1.78. The van der Waals surface area contributed by atoms with Gasteiger partial charge in [-0.1, -0.05) is 15.9 Å². The van der Waals surface area contributed by atoms with Crippen LogP contribution in [0, 0.1) is 0 Å². The maximum atomic E-state index is 12.3. The number of hydrogen-bond acceptors (Lipinski definition) is 2. The molecule has 0 spiro atoms. The monoisotopic (exact) mass is 339 g/mol. The lowest BCUT2D eigenvalue weighted by Gasteiger charge is -2.11. The highest BCUT2D eigenvalue weighted by Crippen LogP contribution is 2.29. The zero-order valence-corrected chi connectivity index (χ0v) is 11.7. The van der Waals surface area contributed by atoms with Gasteiger partial charge in [0.2, 0.25) is 0 Å². The van der Waals surface area contributed by atoms with Gasteiger partial charge in [0.05, 0.1) is 17.0 Å². The number of hydrogen-bond donors (Lipinski definition) is 1. The van der Waals surface area contributed by atoms with E-state index in [4.69, 9.17) is 4.74 Å². The Morgan fingerprint density at radius 1 is 1.37 bits per heavy atom. The molecule has 1 N–H and O–H groups in total. The zero-order chi connectivity index (χ0) is 14.5. The lowest BCUT2D eigenvalue weighted by atomic mass is 10.1. The fourth-order valence-electron chi connectivity index (χ4n) is 1.36. The van der Waals surface area contributed by atoms with E-state index in [1.54, 1.807) is 0 Å². The molecule has 1 rings (SSSR count). The average Bonchev–Trinajstić information content (AvgIpc) is 2.35. The Balaban J connectivity index is 2.59. The van der Waals surface area contributed by atoms with Crippen LogP contribution >= 0.6 is 15.9 Å². The summed E-state index contributed by atoms with van der Waals surface area (Å²) in [5, 5.41) is 2.59. The minimum Gasteiger partial charge on any atom is -0.383 e. The van der Waals surface area contributed by atoms with Gasteiger partial charge in [-0.25, -0.2) is 0 Å². The summed E-state index contributed by atoms with van der Waals surface area (Å²) in [6.07, 6.45) is -4.39. The van der Waals surface area contributed by atoms with Crippen LogP contribution in [0.5, 0.6) is 0 Å². The fraction of sp³-hybridized carbons (Fsp3) is 0.417. The molecule has 106 valence electrons. The number of amides is 1. The Kier molecular flexibility index (Phi) is 5.81. The number of rotatable bonds is 5. The second-order valence-corrected chi connectivity index (χ2v) is 5.13.